The first-order chi connectivity index (χ1) is 15.3. The van der Waals surface area contributed by atoms with E-state index in [0.29, 0.717) is 22.2 Å². The number of carbonyl (C=O) groups excluding carboxylic acids is 2. The maximum Gasteiger partial charge on any atom is 0.310 e. The molecule has 0 spiro atoms. The minimum absolute atomic E-state index is 0.00979. The van der Waals surface area contributed by atoms with Gasteiger partial charge in [0.15, 0.2) is 6.61 Å². The van der Waals surface area contributed by atoms with E-state index in [1.807, 2.05) is 44.2 Å². The monoisotopic (exact) mass is 457 g/mol. The van der Waals surface area contributed by atoms with E-state index < -0.39 is 18.5 Å². The van der Waals surface area contributed by atoms with Gasteiger partial charge in [0, 0.05) is 23.4 Å². The number of nitrogens with zero attached hydrogens (tertiary/aromatic N) is 2. The molecular weight excluding hydrogens is 434 g/mol. The summed E-state index contributed by atoms with van der Waals surface area (Å²) in [5.41, 5.74) is 3.59. The third-order valence-electron chi connectivity index (χ3n) is 4.88. The zero-order chi connectivity index (χ0) is 23.3. The van der Waals surface area contributed by atoms with Crippen molar-refractivity contribution < 1.29 is 23.8 Å². The first-order valence-electron chi connectivity index (χ1n) is 9.81. The Balaban J connectivity index is 1.62. The van der Waals surface area contributed by atoms with Gasteiger partial charge in [-0.05, 0) is 26.0 Å². The molecule has 8 nitrogen and oxygen atoms in total. The molecule has 0 saturated carbocycles. The highest BCUT2D eigenvalue weighted by Gasteiger charge is 2.18. The zero-order valence-corrected chi connectivity index (χ0v) is 19.0. The smallest absolute Gasteiger partial charge is 0.310 e. The second kappa shape index (κ2) is 10.2. The lowest BCUT2D eigenvalue weighted by atomic mass is 10.1. The Hall–Kier alpha value is -3.52. The number of hydrogen-bond acceptors (Lipinski definition) is 6. The van der Waals surface area contributed by atoms with Crippen molar-refractivity contribution in [3.63, 3.8) is 0 Å². The average molecular weight is 458 g/mol. The summed E-state index contributed by atoms with van der Waals surface area (Å²) in [5.74, 6) is -0.315. The summed E-state index contributed by atoms with van der Waals surface area (Å²) in [6, 6.07) is 12.7. The van der Waals surface area contributed by atoms with Gasteiger partial charge in [0.1, 0.15) is 11.5 Å². The molecule has 1 heterocycles. The first-order valence-corrected chi connectivity index (χ1v) is 10.2. The Morgan fingerprint density at radius 3 is 2.41 bits per heavy atom. The molecule has 0 fully saturated rings. The molecule has 9 heteroatoms. The SMILES string of the molecule is COc1cc(NC(=O)COC(=O)Cc2c(C)nn(-c3ccccc3)c2C)c(OC)cc1Cl. The third kappa shape index (κ3) is 5.20. The molecule has 2 aromatic carbocycles. The van der Waals surface area contributed by atoms with E-state index in [1.54, 1.807) is 4.68 Å². The number of anilines is 1. The Kier molecular flexibility index (Phi) is 7.37. The number of halogens is 1. The van der Waals surface area contributed by atoms with Crippen molar-refractivity contribution in [2.45, 2.75) is 20.3 Å². The molecule has 0 bridgehead atoms. The number of amides is 1. The third-order valence-corrected chi connectivity index (χ3v) is 5.17. The summed E-state index contributed by atoms with van der Waals surface area (Å²) in [6.07, 6.45) is 0.00979. The van der Waals surface area contributed by atoms with Crippen LogP contribution in [-0.4, -0.2) is 42.5 Å². The number of aryl methyl sites for hydroxylation is 1. The number of carbonyl (C=O) groups is 2. The number of esters is 1. The van der Waals surface area contributed by atoms with Crippen LogP contribution >= 0.6 is 11.6 Å². The van der Waals surface area contributed by atoms with E-state index in [9.17, 15) is 9.59 Å². The summed E-state index contributed by atoms with van der Waals surface area (Å²) in [6.45, 7) is 3.28. The molecule has 168 valence electrons. The maximum atomic E-state index is 12.4. The molecule has 0 aliphatic heterocycles. The van der Waals surface area contributed by atoms with Gasteiger partial charge in [-0.25, -0.2) is 4.68 Å². The predicted octanol–water partition coefficient (Wildman–Crippen LogP) is 3.88. The molecule has 0 aliphatic rings. The van der Waals surface area contributed by atoms with Crippen LogP contribution in [0.1, 0.15) is 17.0 Å². The van der Waals surface area contributed by atoms with Crippen LogP contribution in [0.15, 0.2) is 42.5 Å². The van der Waals surface area contributed by atoms with Gasteiger partial charge in [-0.2, -0.15) is 5.10 Å². The van der Waals surface area contributed by atoms with Crippen LogP contribution in [0.25, 0.3) is 5.69 Å². The van der Waals surface area contributed by atoms with Crippen molar-refractivity contribution >= 4 is 29.2 Å². The summed E-state index contributed by atoms with van der Waals surface area (Å²) < 4.78 is 17.3. The second-order valence-electron chi connectivity index (χ2n) is 6.97. The van der Waals surface area contributed by atoms with Crippen LogP contribution in [0.5, 0.6) is 11.5 Å². The highest BCUT2D eigenvalue weighted by Crippen LogP contribution is 2.35. The normalized spacial score (nSPS) is 10.5. The van der Waals surface area contributed by atoms with Crippen LogP contribution in [0.3, 0.4) is 0 Å². The maximum absolute atomic E-state index is 12.4. The van der Waals surface area contributed by atoms with Gasteiger partial charge in [0.25, 0.3) is 5.91 Å². The van der Waals surface area contributed by atoms with Gasteiger partial charge in [0.2, 0.25) is 0 Å². The average Bonchev–Trinajstić information content (AvgIpc) is 3.07. The Labute approximate surface area is 191 Å². The summed E-state index contributed by atoms with van der Waals surface area (Å²) in [5, 5.41) is 7.50. The van der Waals surface area contributed by atoms with Crippen molar-refractivity contribution in [2.75, 3.05) is 26.1 Å². The standard InChI is InChI=1S/C23H24ClN3O5/c1-14-17(15(2)27(26-14)16-8-6-5-7-9-16)10-23(29)32-13-22(28)25-19-12-20(30-3)18(24)11-21(19)31-4/h5-9,11-12H,10,13H2,1-4H3,(H,25,28). The number of rotatable bonds is 8. The molecule has 0 radical (unpaired) electrons. The number of ether oxygens (including phenoxy) is 3. The van der Waals surface area contributed by atoms with Crippen molar-refractivity contribution in [1.29, 1.82) is 0 Å². The Morgan fingerprint density at radius 1 is 1.06 bits per heavy atom. The van der Waals surface area contributed by atoms with Crippen LogP contribution in [0.2, 0.25) is 5.02 Å². The fraction of sp³-hybridized carbons (Fsp3) is 0.261. The number of hydrogen-bond donors (Lipinski definition) is 1. The van der Waals surface area contributed by atoms with Crippen molar-refractivity contribution in [3.8, 4) is 17.2 Å². The summed E-state index contributed by atoms with van der Waals surface area (Å²) in [7, 11) is 2.92. The molecule has 1 N–H and O–H groups in total. The molecular formula is C23H24ClN3O5. The number of benzene rings is 2. The molecule has 3 aromatic rings. The van der Waals surface area contributed by atoms with E-state index in [2.05, 4.69) is 10.4 Å². The van der Waals surface area contributed by atoms with Crippen LogP contribution in [0, 0.1) is 13.8 Å². The van der Waals surface area contributed by atoms with Gasteiger partial charge in [-0.3, -0.25) is 9.59 Å². The number of nitrogens with one attached hydrogen (secondary N) is 1. The Bertz CT molecular complexity index is 1130. The lowest BCUT2D eigenvalue weighted by Gasteiger charge is -2.13. The minimum Gasteiger partial charge on any atom is -0.495 e. The highest BCUT2D eigenvalue weighted by molar-refractivity contribution is 6.32. The Morgan fingerprint density at radius 2 is 1.75 bits per heavy atom. The van der Waals surface area contributed by atoms with Crippen molar-refractivity contribution in [1.82, 2.24) is 9.78 Å². The van der Waals surface area contributed by atoms with Gasteiger partial charge in [-0.1, -0.05) is 29.8 Å². The largest absolute Gasteiger partial charge is 0.495 e. The molecule has 0 aliphatic carbocycles. The first kappa shape index (κ1) is 23.1. The quantitative estimate of drug-likeness (QED) is 0.516. The van der Waals surface area contributed by atoms with E-state index in [-0.39, 0.29) is 6.42 Å². The zero-order valence-electron chi connectivity index (χ0n) is 18.3. The molecule has 32 heavy (non-hydrogen) atoms. The minimum atomic E-state index is -0.528. The summed E-state index contributed by atoms with van der Waals surface area (Å²) in [4.78, 5) is 24.7. The second-order valence-corrected chi connectivity index (χ2v) is 7.38. The topological polar surface area (TPSA) is 91.7 Å². The van der Waals surface area contributed by atoms with Gasteiger partial charge in [-0.15, -0.1) is 0 Å². The summed E-state index contributed by atoms with van der Waals surface area (Å²) >= 11 is 6.07. The lowest BCUT2D eigenvalue weighted by Crippen LogP contribution is -2.22. The highest BCUT2D eigenvalue weighted by atomic mass is 35.5. The fourth-order valence-corrected chi connectivity index (χ4v) is 3.47. The molecule has 3 rings (SSSR count). The van der Waals surface area contributed by atoms with Crippen LogP contribution in [0.4, 0.5) is 5.69 Å². The van der Waals surface area contributed by atoms with Crippen LogP contribution < -0.4 is 14.8 Å². The molecule has 0 atom stereocenters. The number of aromatic nitrogens is 2. The van der Waals surface area contributed by atoms with Crippen molar-refractivity contribution in [3.05, 3.63) is 64.4 Å². The van der Waals surface area contributed by atoms with Gasteiger partial charge in [0.05, 0.1) is 42.7 Å². The lowest BCUT2D eigenvalue weighted by molar-refractivity contribution is -0.146. The van der Waals surface area contributed by atoms with Crippen molar-refractivity contribution in [2.24, 2.45) is 0 Å². The molecule has 1 amide bonds. The predicted molar refractivity (Wildman–Crippen MR) is 121 cm³/mol. The van der Waals surface area contributed by atoms with E-state index in [1.165, 1.54) is 26.4 Å². The van der Waals surface area contributed by atoms with E-state index >= 15 is 0 Å². The molecule has 0 unspecified atom stereocenters. The number of methoxy groups -OCH3 is 2. The number of para-hydroxylation sites is 1. The van der Waals surface area contributed by atoms with Gasteiger partial charge >= 0.3 is 5.97 Å². The van der Waals surface area contributed by atoms with Gasteiger partial charge < -0.3 is 19.5 Å². The molecule has 1 aromatic heterocycles. The van der Waals surface area contributed by atoms with Crippen LogP contribution in [-0.2, 0) is 20.7 Å². The fourth-order valence-electron chi connectivity index (χ4n) is 3.24. The van der Waals surface area contributed by atoms with E-state index in [4.69, 9.17) is 25.8 Å². The molecule has 0 saturated heterocycles. The van der Waals surface area contributed by atoms with E-state index in [0.717, 1.165) is 22.6 Å².